The molecule has 13 heavy (non-hydrogen) atoms. The molecule has 0 aromatic carbocycles. The molecule has 1 aliphatic heterocycles. The maximum Gasteiger partial charge on any atom is 0.0725 e. The molecule has 1 aliphatic rings. The Morgan fingerprint density at radius 3 is 3.08 bits per heavy atom. The van der Waals surface area contributed by atoms with Crippen LogP contribution in [0.5, 0.6) is 0 Å². The van der Waals surface area contributed by atoms with Crippen LogP contribution in [0.2, 0.25) is 0 Å². The number of nitrogens with one attached hydrogen (secondary N) is 1. The Morgan fingerprint density at radius 2 is 2.38 bits per heavy atom. The second-order valence-electron chi connectivity index (χ2n) is 3.56. The van der Waals surface area contributed by atoms with Gasteiger partial charge in [0.25, 0.3) is 0 Å². The summed E-state index contributed by atoms with van der Waals surface area (Å²) in [5, 5.41) is 3.35. The number of piperidine rings is 1. The van der Waals surface area contributed by atoms with Gasteiger partial charge in [-0.3, -0.25) is 0 Å². The molecule has 0 aromatic heterocycles. The van der Waals surface area contributed by atoms with E-state index >= 15 is 0 Å². The normalized spacial score (nSPS) is 27.8. The number of hydrogen-bond acceptors (Lipinski definition) is 2. The first-order valence-electron chi connectivity index (χ1n) is 5.06. The lowest BCUT2D eigenvalue weighted by molar-refractivity contribution is 0.00718. The molecule has 0 radical (unpaired) electrons. The smallest absolute Gasteiger partial charge is 0.0725 e. The average Bonchev–Trinajstić information content (AvgIpc) is 2.15. The van der Waals surface area contributed by atoms with Crippen LogP contribution in [0.15, 0.2) is 0 Å². The van der Waals surface area contributed by atoms with E-state index in [1.165, 1.54) is 6.42 Å². The minimum Gasteiger partial charge on any atom is -0.376 e. The molecule has 0 amide bonds. The van der Waals surface area contributed by atoms with E-state index in [0.29, 0.717) is 12.0 Å². The molecule has 2 atom stereocenters. The van der Waals surface area contributed by atoms with Crippen molar-refractivity contribution >= 4 is 0 Å². The zero-order valence-corrected chi connectivity index (χ0v) is 8.60. The number of rotatable bonds is 3. The molecule has 0 spiro atoms. The molecule has 2 heteroatoms. The van der Waals surface area contributed by atoms with Gasteiger partial charge in [-0.25, -0.2) is 0 Å². The molecule has 0 aromatic rings. The Balaban J connectivity index is 2.14. The molecule has 2 unspecified atom stereocenters. The van der Waals surface area contributed by atoms with Crippen LogP contribution in [0.3, 0.4) is 0 Å². The van der Waals surface area contributed by atoms with Crippen molar-refractivity contribution in [3.05, 3.63) is 0 Å². The van der Waals surface area contributed by atoms with Gasteiger partial charge in [0.1, 0.15) is 0 Å². The summed E-state index contributed by atoms with van der Waals surface area (Å²) in [6, 6.07) is 0. The van der Waals surface area contributed by atoms with Gasteiger partial charge in [-0.1, -0.05) is 6.92 Å². The first kappa shape index (κ1) is 10.6. The third-order valence-corrected chi connectivity index (χ3v) is 2.49. The summed E-state index contributed by atoms with van der Waals surface area (Å²) < 4.78 is 5.73. The highest BCUT2D eigenvalue weighted by molar-refractivity contribution is 4.94. The Morgan fingerprint density at radius 1 is 1.54 bits per heavy atom. The van der Waals surface area contributed by atoms with Crippen molar-refractivity contribution in [3.8, 4) is 11.8 Å². The van der Waals surface area contributed by atoms with Crippen LogP contribution in [0, 0.1) is 17.8 Å². The fourth-order valence-corrected chi connectivity index (χ4v) is 1.57. The van der Waals surface area contributed by atoms with E-state index in [4.69, 9.17) is 4.74 Å². The SMILES string of the molecule is CC#CCCOC1CNCCC1C. The lowest BCUT2D eigenvalue weighted by atomic mass is 9.97. The largest absolute Gasteiger partial charge is 0.376 e. The monoisotopic (exact) mass is 181 g/mol. The summed E-state index contributed by atoms with van der Waals surface area (Å²) in [6.45, 7) is 7.04. The second-order valence-corrected chi connectivity index (χ2v) is 3.56. The van der Waals surface area contributed by atoms with Crippen LogP contribution in [-0.2, 0) is 4.74 Å². The molecule has 1 N–H and O–H groups in total. The zero-order valence-electron chi connectivity index (χ0n) is 8.60. The van der Waals surface area contributed by atoms with E-state index in [0.717, 1.165) is 26.1 Å². The van der Waals surface area contributed by atoms with E-state index in [9.17, 15) is 0 Å². The van der Waals surface area contributed by atoms with Crippen molar-refractivity contribution in [2.45, 2.75) is 32.8 Å². The minimum atomic E-state index is 0.396. The summed E-state index contributed by atoms with van der Waals surface area (Å²) in [4.78, 5) is 0. The molecule has 0 aliphatic carbocycles. The molecule has 0 saturated carbocycles. The lowest BCUT2D eigenvalue weighted by Crippen LogP contribution is -2.41. The first-order valence-corrected chi connectivity index (χ1v) is 5.06. The van der Waals surface area contributed by atoms with Gasteiger partial charge in [0.15, 0.2) is 0 Å². The van der Waals surface area contributed by atoms with Gasteiger partial charge < -0.3 is 10.1 Å². The summed E-state index contributed by atoms with van der Waals surface area (Å²) >= 11 is 0. The zero-order chi connectivity index (χ0) is 9.52. The number of hydrogen-bond donors (Lipinski definition) is 1. The molecular formula is C11H19NO. The Bertz CT molecular complexity index is 192. The second kappa shape index (κ2) is 6.01. The van der Waals surface area contributed by atoms with E-state index in [-0.39, 0.29) is 0 Å². The van der Waals surface area contributed by atoms with Crippen LogP contribution < -0.4 is 5.32 Å². The Labute approximate surface area is 81.0 Å². The highest BCUT2D eigenvalue weighted by Gasteiger charge is 2.20. The predicted molar refractivity (Wildman–Crippen MR) is 54.5 cm³/mol. The quantitative estimate of drug-likeness (QED) is 0.525. The lowest BCUT2D eigenvalue weighted by Gasteiger charge is -2.29. The fraction of sp³-hybridized carbons (Fsp3) is 0.818. The highest BCUT2D eigenvalue weighted by atomic mass is 16.5. The summed E-state index contributed by atoms with van der Waals surface area (Å²) in [7, 11) is 0. The van der Waals surface area contributed by atoms with Gasteiger partial charge in [-0.05, 0) is 25.8 Å². The van der Waals surface area contributed by atoms with E-state index < -0.39 is 0 Å². The predicted octanol–water partition coefficient (Wildman–Crippen LogP) is 1.41. The van der Waals surface area contributed by atoms with Gasteiger partial charge in [0, 0.05) is 13.0 Å². The maximum absolute atomic E-state index is 5.73. The van der Waals surface area contributed by atoms with E-state index in [1.54, 1.807) is 0 Å². The molecule has 1 saturated heterocycles. The minimum absolute atomic E-state index is 0.396. The van der Waals surface area contributed by atoms with Gasteiger partial charge >= 0.3 is 0 Å². The van der Waals surface area contributed by atoms with Crippen LogP contribution >= 0.6 is 0 Å². The van der Waals surface area contributed by atoms with Crippen molar-refractivity contribution in [2.75, 3.05) is 19.7 Å². The molecule has 74 valence electrons. The van der Waals surface area contributed by atoms with Gasteiger partial charge in [0.05, 0.1) is 12.7 Å². The molecule has 2 nitrogen and oxygen atoms in total. The molecule has 0 bridgehead atoms. The topological polar surface area (TPSA) is 21.3 Å². The van der Waals surface area contributed by atoms with Gasteiger partial charge in [-0.2, -0.15) is 0 Å². The summed E-state index contributed by atoms with van der Waals surface area (Å²) in [5.74, 6) is 6.57. The van der Waals surface area contributed by atoms with Crippen molar-refractivity contribution < 1.29 is 4.74 Å². The fourth-order valence-electron chi connectivity index (χ4n) is 1.57. The van der Waals surface area contributed by atoms with E-state index in [1.807, 2.05) is 6.92 Å². The maximum atomic E-state index is 5.73. The van der Waals surface area contributed by atoms with E-state index in [2.05, 4.69) is 24.1 Å². The molecule has 1 fully saturated rings. The van der Waals surface area contributed by atoms with Crippen molar-refractivity contribution in [3.63, 3.8) is 0 Å². The summed E-state index contributed by atoms with van der Waals surface area (Å²) in [5.41, 5.74) is 0. The van der Waals surface area contributed by atoms with Gasteiger partial charge in [0.2, 0.25) is 0 Å². The molecular weight excluding hydrogens is 162 g/mol. The average molecular weight is 181 g/mol. The van der Waals surface area contributed by atoms with Crippen LogP contribution in [-0.4, -0.2) is 25.8 Å². The third kappa shape index (κ3) is 3.80. The van der Waals surface area contributed by atoms with Crippen LogP contribution in [0.25, 0.3) is 0 Å². The highest BCUT2D eigenvalue weighted by Crippen LogP contribution is 2.14. The molecule has 1 rings (SSSR count). The van der Waals surface area contributed by atoms with Crippen molar-refractivity contribution in [1.29, 1.82) is 0 Å². The third-order valence-electron chi connectivity index (χ3n) is 2.49. The summed E-state index contributed by atoms with van der Waals surface area (Å²) in [6.07, 6.45) is 2.48. The van der Waals surface area contributed by atoms with Crippen molar-refractivity contribution in [2.24, 2.45) is 5.92 Å². The van der Waals surface area contributed by atoms with Crippen molar-refractivity contribution in [1.82, 2.24) is 5.32 Å². The standard InChI is InChI=1S/C11H19NO/c1-3-4-5-8-13-11-9-12-7-6-10(11)2/h10-12H,5-9H2,1-2H3. The first-order chi connectivity index (χ1) is 6.34. The molecule has 1 heterocycles. The van der Waals surface area contributed by atoms with Crippen LogP contribution in [0.1, 0.15) is 26.7 Å². The van der Waals surface area contributed by atoms with Crippen LogP contribution in [0.4, 0.5) is 0 Å². The Hall–Kier alpha value is -0.520. The van der Waals surface area contributed by atoms with Gasteiger partial charge in [-0.15, -0.1) is 11.8 Å². The number of ether oxygens (including phenoxy) is 1. The Kier molecular flexibility index (Phi) is 4.88.